The zero-order valence-corrected chi connectivity index (χ0v) is 24.8. The van der Waals surface area contributed by atoms with E-state index in [4.69, 9.17) is 19.2 Å². The van der Waals surface area contributed by atoms with E-state index in [1.165, 1.54) is 6.20 Å². The van der Waals surface area contributed by atoms with Crippen LogP contribution in [0.2, 0.25) is 0 Å². The molecule has 5 heterocycles. The van der Waals surface area contributed by atoms with Gasteiger partial charge in [-0.1, -0.05) is 0 Å². The lowest BCUT2D eigenvalue weighted by Gasteiger charge is -2.31. The quantitative estimate of drug-likeness (QED) is 0.373. The first kappa shape index (κ1) is 28.6. The first-order chi connectivity index (χ1) is 20.3. The van der Waals surface area contributed by atoms with Crippen molar-refractivity contribution in [3.05, 3.63) is 30.7 Å². The summed E-state index contributed by atoms with van der Waals surface area (Å²) in [5.41, 5.74) is 1.07. The van der Waals surface area contributed by atoms with Crippen LogP contribution in [0.5, 0.6) is 11.6 Å². The van der Waals surface area contributed by atoms with Crippen molar-refractivity contribution in [2.24, 2.45) is 0 Å². The minimum atomic E-state index is -3.45. The molecule has 42 heavy (non-hydrogen) atoms. The summed E-state index contributed by atoms with van der Waals surface area (Å²) in [5, 5.41) is 4.12. The molecule has 0 spiro atoms. The van der Waals surface area contributed by atoms with Crippen LogP contribution in [-0.4, -0.2) is 104 Å². The third kappa shape index (κ3) is 7.28. The molecule has 0 amide bonds. The second kappa shape index (κ2) is 12.4. The average Bonchev–Trinajstić information content (AvgIpc) is 3.39. The van der Waals surface area contributed by atoms with Crippen molar-refractivity contribution in [1.29, 1.82) is 0 Å². The fraction of sp³-hybridized carbons (Fsp3) is 0.571. The predicted octanol–water partition coefficient (Wildman–Crippen LogP) is 2.51. The Kier molecular flexibility index (Phi) is 8.45. The zero-order valence-electron chi connectivity index (χ0n) is 24.0. The van der Waals surface area contributed by atoms with E-state index in [0.717, 1.165) is 70.4 Å². The highest BCUT2D eigenvalue weighted by molar-refractivity contribution is 7.92. The molecular weight excluding hydrogens is 560 g/mol. The van der Waals surface area contributed by atoms with Crippen molar-refractivity contribution < 1.29 is 22.6 Å². The summed E-state index contributed by atoms with van der Waals surface area (Å²) in [6.45, 7) is 4.69. The molecule has 0 bridgehead atoms. The molecule has 13 nitrogen and oxygen atoms in total. The number of rotatable bonds is 9. The maximum Gasteiger partial charge on any atom is 0.229 e. The first-order valence-corrected chi connectivity index (χ1v) is 16.4. The minimum Gasteiger partial charge on any atom is -0.486 e. The number of sulfonamides is 1. The van der Waals surface area contributed by atoms with Gasteiger partial charge in [-0.25, -0.2) is 18.4 Å². The summed E-state index contributed by atoms with van der Waals surface area (Å²) in [6, 6.07) is 3.88. The number of morpholine rings is 1. The van der Waals surface area contributed by atoms with E-state index in [0.29, 0.717) is 47.4 Å². The van der Waals surface area contributed by atoms with Gasteiger partial charge in [-0.05, 0) is 45.2 Å². The van der Waals surface area contributed by atoms with E-state index in [1.54, 1.807) is 18.5 Å². The van der Waals surface area contributed by atoms with Crippen LogP contribution in [0.25, 0.3) is 10.9 Å². The number of aromatic nitrogens is 4. The van der Waals surface area contributed by atoms with E-state index in [1.807, 2.05) is 6.07 Å². The molecule has 0 radical (unpaired) electrons. The average molecular weight is 599 g/mol. The molecule has 2 saturated heterocycles. The molecular formula is C28H38N8O5S. The number of pyridine rings is 2. The second-order valence-corrected chi connectivity index (χ2v) is 13.1. The third-order valence-corrected chi connectivity index (χ3v) is 8.44. The van der Waals surface area contributed by atoms with Gasteiger partial charge < -0.3 is 29.3 Å². The number of nitrogens with zero attached hydrogens (tertiary/aromatic N) is 6. The number of nitrogens with one attached hydrogen (secondary N) is 2. The van der Waals surface area contributed by atoms with Crippen LogP contribution in [-0.2, 0) is 14.8 Å². The van der Waals surface area contributed by atoms with Crippen molar-refractivity contribution in [3.8, 4) is 11.6 Å². The van der Waals surface area contributed by atoms with Crippen LogP contribution in [0.15, 0.2) is 30.7 Å². The van der Waals surface area contributed by atoms with Crippen LogP contribution < -0.4 is 24.4 Å². The molecule has 0 aromatic carbocycles. The fourth-order valence-corrected chi connectivity index (χ4v) is 6.23. The Morgan fingerprint density at radius 1 is 0.929 bits per heavy atom. The highest BCUT2D eigenvalue weighted by Gasteiger charge is 2.26. The van der Waals surface area contributed by atoms with Crippen molar-refractivity contribution in [3.63, 3.8) is 0 Å². The number of likely N-dealkylation sites (tertiary alicyclic amines) is 1. The molecule has 226 valence electrons. The fourth-order valence-electron chi connectivity index (χ4n) is 5.69. The van der Waals surface area contributed by atoms with Gasteiger partial charge >= 0.3 is 0 Å². The van der Waals surface area contributed by atoms with E-state index < -0.39 is 10.0 Å². The van der Waals surface area contributed by atoms with Gasteiger partial charge in [-0.2, -0.15) is 4.98 Å². The van der Waals surface area contributed by atoms with Crippen LogP contribution >= 0.6 is 0 Å². The molecule has 3 aliphatic rings. The van der Waals surface area contributed by atoms with E-state index in [-0.39, 0.29) is 18.2 Å². The van der Waals surface area contributed by atoms with Gasteiger partial charge in [-0.3, -0.25) is 9.71 Å². The maximum atomic E-state index is 11.8. The summed E-state index contributed by atoms with van der Waals surface area (Å²) in [4.78, 5) is 22.8. The van der Waals surface area contributed by atoms with Gasteiger partial charge in [0.1, 0.15) is 18.0 Å². The predicted molar refractivity (Wildman–Crippen MR) is 160 cm³/mol. The van der Waals surface area contributed by atoms with Gasteiger partial charge in [0.05, 0.1) is 54.7 Å². The smallest absolute Gasteiger partial charge is 0.229 e. The van der Waals surface area contributed by atoms with E-state index in [9.17, 15) is 8.42 Å². The van der Waals surface area contributed by atoms with Gasteiger partial charge in [0.15, 0.2) is 5.75 Å². The monoisotopic (exact) mass is 598 g/mol. The largest absolute Gasteiger partial charge is 0.486 e. The number of hydrogen-bond acceptors (Lipinski definition) is 12. The molecule has 1 unspecified atom stereocenters. The number of hydrogen-bond donors (Lipinski definition) is 2. The highest BCUT2D eigenvalue weighted by atomic mass is 32.2. The second-order valence-electron chi connectivity index (χ2n) is 11.3. The Hall–Kier alpha value is -3.49. The normalized spacial score (nSPS) is 23.6. The Morgan fingerprint density at radius 2 is 1.69 bits per heavy atom. The standard InChI is InChI=1S/C28H38N8O5S/c1-35-8-7-22(18-35)40-23-16-30-28(31-17-23)32-19-3-5-21(6-4-19)41-27-24-13-20(34-42(2,37)38)15-29-25(24)14-26(33-27)36-9-11-39-12-10-36/h13-17,19,21-22,34H,3-12,18H2,1-2H3,(H,30,31,32)/t19-,21+,22?. The van der Waals surface area contributed by atoms with Crippen LogP contribution in [0, 0.1) is 0 Å². The molecule has 2 N–H and O–H groups in total. The van der Waals surface area contributed by atoms with Crippen LogP contribution in [0.4, 0.5) is 17.5 Å². The molecule has 1 aliphatic carbocycles. The van der Waals surface area contributed by atoms with Gasteiger partial charge in [0, 0.05) is 38.3 Å². The lowest BCUT2D eigenvalue weighted by Crippen LogP contribution is -2.37. The lowest BCUT2D eigenvalue weighted by atomic mass is 9.93. The Morgan fingerprint density at radius 3 is 2.38 bits per heavy atom. The Bertz CT molecular complexity index is 1480. The number of fused-ring (bicyclic) bond motifs is 1. The molecule has 3 aromatic rings. The zero-order chi connectivity index (χ0) is 29.1. The SMILES string of the molecule is CN1CCC(Oc2cnc(N[C@H]3CC[C@@H](Oc4nc(N5CCOCC5)cc5ncc(NS(C)(=O)=O)cc45)CC3)nc2)C1. The van der Waals surface area contributed by atoms with E-state index >= 15 is 0 Å². The lowest BCUT2D eigenvalue weighted by molar-refractivity contribution is 0.122. The number of likely N-dealkylation sites (N-methyl/N-ethyl adjacent to an activating group) is 1. The Balaban J connectivity index is 1.11. The molecule has 1 saturated carbocycles. The summed E-state index contributed by atoms with van der Waals surface area (Å²) in [5.74, 6) is 2.53. The topological polar surface area (TPSA) is 144 Å². The summed E-state index contributed by atoms with van der Waals surface area (Å²) in [6.07, 6.45) is 10.7. The first-order valence-electron chi connectivity index (χ1n) is 14.5. The summed E-state index contributed by atoms with van der Waals surface area (Å²) < 4.78 is 44.2. The van der Waals surface area contributed by atoms with E-state index in [2.05, 4.69) is 41.8 Å². The van der Waals surface area contributed by atoms with Gasteiger partial charge in [0.2, 0.25) is 21.9 Å². The summed E-state index contributed by atoms with van der Waals surface area (Å²) >= 11 is 0. The number of ether oxygens (including phenoxy) is 3. The summed E-state index contributed by atoms with van der Waals surface area (Å²) in [7, 11) is -1.35. The van der Waals surface area contributed by atoms with Gasteiger partial charge in [0.25, 0.3) is 0 Å². The van der Waals surface area contributed by atoms with Crippen molar-refractivity contribution in [2.75, 3.05) is 67.6 Å². The van der Waals surface area contributed by atoms with Crippen molar-refractivity contribution in [1.82, 2.24) is 24.8 Å². The highest BCUT2D eigenvalue weighted by Crippen LogP contribution is 2.33. The molecule has 2 aliphatic heterocycles. The molecule has 3 fully saturated rings. The molecule has 1 atom stereocenters. The molecule has 14 heteroatoms. The van der Waals surface area contributed by atoms with Crippen molar-refractivity contribution >= 4 is 38.4 Å². The third-order valence-electron chi connectivity index (χ3n) is 7.83. The molecule has 3 aromatic heterocycles. The number of anilines is 3. The minimum absolute atomic E-state index is 0.0357. The van der Waals surface area contributed by atoms with Crippen molar-refractivity contribution in [2.45, 2.75) is 50.4 Å². The maximum absolute atomic E-state index is 11.8. The Labute approximate surface area is 246 Å². The van der Waals surface area contributed by atoms with Gasteiger partial charge in [-0.15, -0.1) is 0 Å². The van der Waals surface area contributed by atoms with Crippen LogP contribution in [0.3, 0.4) is 0 Å². The van der Waals surface area contributed by atoms with Crippen LogP contribution in [0.1, 0.15) is 32.1 Å². The molecule has 6 rings (SSSR count).